The van der Waals surface area contributed by atoms with Crippen LogP contribution in [0.3, 0.4) is 0 Å². The number of piperidine rings is 1. The topological polar surface area (TPSA) is 79.3 Å². The highest BCUT2D eigenvalue weighted by molar-refractivity contribution is 5.76. The fraction of sp³-hybridized carbons (Fsp3) is 0.889. The van der Waals surface area contributed by atoms with Crippen LogP contribution in [-0.2, 0) is 14.3 Å². The minimum atomic E-state index is -4.80. The number of rotatable bonds is 5. The molecule has 0 aromatic heterocycles. The van der Waals surface area contributed by atoms with Crippen LogP contribution in [0.1, 0.15) is 38.5 Å². The lowest BCUT2D eigenvalue weighted by molar-refractivity contribution is -0.215. The van der Waals surface area contributed by atoms with Crippen LogP contribution < -0.4 is 0 Å². The molecule has 1 saturated carbocycles. The highest BCUT2D eigenvalue weighted by Gasteiger charge is 2.47. The van der Waals surface area contributed by atoms with Crippen LogP contribution in [0.4, 0.5) is 18.0 Å². The Balaban J connectivity index is 1.48. The summed E-state index contributed by atoms with van der Waals surface area (Å²) in [7, 11) is 1.79. The molecule has 3 aliphatic rings. The van der Waals surface area contributed by atoms with Gasteiger partial charge in [0.2, 0.25) is 12.0 Å². The molecule has 2 aliphatic heterocycles. The monoisotopic (exact) mass is 408 g/mol. The maximum atomic E-state index is 12.6. The molecule has 2 heterocycles. The van der Waals surface area contributed by atoms with Gasteiger partial charge in [0.05, 0.1) is 24.9 Å². The molecule has 7 nitrogen and oxygen atoms in total. The summed E-state index contributed by atoms with van der Waals surface area (Å²) in [5.41, 5.74) is -0.462. The smallest absolute Gasteiger partial charge is 0.427 e. The number of amides is 2. The normalized spacial score (nSPS) is 25.6. The summed E-state index contributed by atoms with van der Waals surface area (Å²) in [6.45, 7) is -0.459. The number of hydrogen-bond acceptors (Lipinski definition) is 5. The van der Waals surface area contributed by atoms with Crippen LogP contribution >= 0.6 is 0 Å². The second-order valence-electron chi connectivity index (χ2n) is 8.09. The third-order valence-electron chi connectivity index (χ3n) is 6.00. The second-order valence-corrected chi connectivity index (χ2v) is 8.09. The number of alkyl halides is 3. The summed E-state index contributed by atoms with van der Waals surface area (Å²) in [6.07, 6.45) is -4.01. The summed E-state index contributed by atoms with van der Waals surface area (Å²) in [5, 5.41) is 8.79. The van der Waals surface area contributed by atoms with E-state index in [1.807, 2.05) is 0 Å². The van der Waals surface area contributed by atoms with Crippen molar-refractivity contribution < 1.29 is 37.3 Å². The van der Waals surface area contributed by atoms with Gasteiger partial charge in [-0.25, -0.2) is 4.79 Å². The molecule has 3 rings (SSSR count). The van der Waals surface area contributed by atoms with Gasteiger partial charge in [-0.1, -0.05) is 0 Å². The van der Waals surface area contributed by atoms with Gasteiger partial charge in [0.25, 0.3) is 0 Å². The number of halogens is 3. The van der Waals surface area contributed by atoms with E-state index in [0.29, 0.717) is 38.2 Å². The van der Waals surface area contributed by atoms with Crippen LogP contribution in [-0.4, -0.2) is 84.2 Å². The molecule has 0 bridgehead atoms. The van der Waals surface area contributed by atoms with E-state index in [4.69, 9.17) is 9.84 Å². The quantitative estimate of drug-likeness (QED) is 0.752. The van der Waals surface area contributed by atoms with Gasteiger partial charge < -0.3 is 24.4 Å². The van der Waals surface area contributed by atoms with E-state index < -0.39 is 30.6 Å². The fourth-order valence-corrected chi connectivity index (χ4v) is 3.83. The van der Waals surface area contributed by atoms with E-state index in [9.17, 15) is 22.8 Å². The summed E-state index contributed by atoms with van der Waals surface area (Å²) in [6, 6.07) is -0.0197. The van der Waals surface area contributed by atoms with E-state index in [1.54, 1.807) is 11.9 Å². The van der Waals surface area contributed by atoms with Crippen LogP contribution in [0.5, 0.6) is 0 Å². The summed E-state index contributed by atoms with van der Waals surface area (Å²) < 4.78 is 48.3. The first kappa shape index (κ1) is 21.2. The Bertz CT molecular complexity index is 588. The summed E-state index contributed by atoms with van der Waals surface area (Å²) in [4.78, 5) is 27.2. The largest absolute Gasteiger partial charge is 0.434 e. The molecular weight excluding hydrogens is 381 g/mol. The van der Waals surface area contributed by atoms with Gasteiger partial charge in [0, 0.05) is 26.6 Å². The maximum Gasteiger partial charge on any atom is 0.427 e. The lowest BCUT2D eigenvalue weighted by atomic mass is 9.87. The molecule has 160 valence electrons. The first-order valence-electron chi connectivity index (χ1n) is 9.66. The predicted octanol–water partition coefficient (Wildman–Crippen LogP) is 1.93. The molecule has 1 spiro atoms. The van der Waals surface area contributed by atoms with Crippen LogP contribution in [0.15, 0.2) is 0 Å². The van der Waals surface area contributed by atoms with E-state index in [1.165, 1.54) is 4.90 Å². The molecule has 3 fully saturated rings. The Hall–Kier alpha value is -1.55. The Kier molecular flexibility index (Phi) is 6.09. The minimum absolute atomic E-state index is 0.0197. The molecule has 0 radical (unpaired) electrons. The summed E-state index contributed by atoms with van der Waals surface area (Å²) in [5.74, 6) is 0.635. The fourth-order valence-electron chi connectivity index (χ4n) is 3.83. The van der Waals surface area contributed by atoms with Gasteiger partial charge in [-0.15, -0.1) is 0 Å². The van der Waals surface area contributed by atoms with Gasteiger partial charge in [-0.05, 0) is 38.0 Å². The molecule has 2 unspecified atom stereocenters. The first-order chi connectivity index (χ1) is 13.1. The van der Waals surface area contributed by atoms with E-state index in [-0.39, 0.29) is 25.0 Å². The lowest BCUT2D eigenvalue weighted by Gasteiger charge is -2.38. The molecule has 2 amide bonds. The zero-order valence-electron chi connectivity index (χ0n) is 15.9. The molecular formula is C18H27F3N2O5. The molecule has 1 N–H and O–H groups in total. The Morgan fingerprint density at radius 1 is 1.32 bits per heavy atom. The SMILES string of the molecule is CN(C(=O)CC1CC1)C1COC2(CCN(C(=O)OC(CO)C(F)(F)F)CC2)C1. The highest BCUT2D eigenvalue weighted by atomic mass is 19.4. The third-order valence-corrected chi connectivity index (χ3v) is 6.00. The number of nitrogens with zero attached hydrogens (tertiary/aromatic N) is 2. The van der Waals surface area contributed by atoms with Crippen molar-refractivity contribution in [1.82, 2.24) is 9.80 Å². The molecule has 1 aliphatic carbocycles. The molecule has 0 aromatic carbocycles. The number of likely N-dealkylation sites (tertiary alicyclic amines) is 1. The first-order valence-corrected chi connectivity index (χ1v) is 9.66. The van der Waals surface area contributed by atoms with Crippen LogP contribution in [0.25, 0.3) is 0 Å². The van der Waals surface area contributed by atoms with Gasteiger partial charge in [0.15, 0.2) is 0 Å². The van der Waals surface area contributed by atoms with Crippen molar-refractivity contribution in [2.24, 2.45) is 5.92 Å². The second kappa shape index (κ2) is 8.06. The number of aliphatic hydroxyl groups excluding tert-OH is 1. The van der Waals surface area contributed by atoms with Crippen molar-refractivity contribution in [3.63, 3.8) is 0 Å². The molecule has 28 heavy (non-hydrogen) atoms. The average molecular weight is 408 g/mol. The Labute approximate surface area is 161 Å². The maximum absolute atomic E-state index is 12.6. The zero-order chi connectivity index (χ0) is 20.5. The minimum Gasteiger partial charge on any atom is -0.434 e. The van der Waals surface area contributed by atoms with Crippen molar-refractivity contribution in [3.8, 4) is 0 Å². The van der Waals surface area contributed by atoms with Crippen molar-refractivity contribution >= 4 is 12.0 Å². The number of carbonyl (C=O) groups excluding carboxylic acids is 2. The van der Waals surface area contributed by atoms with Crippen LogP contribution in [0, 0.1) is 5.92 Å². The number of hydrogen-bond donors (Lipinski definition) is 1. The number of carbonyl (C=O) groups is 2. The number of likely N-dealkylation sites (N-methyl/N-ethyl adjacent to an activating group) is 1. The van der Waals surface area contributed by atoms with E-state index in [0.717, 1.165) is 12.8 Å². The van der Waals surface area contributed by atoms with Crippen LogP contribution in [0.2, 0.25) is 0 Å². The summed E-state index contributed by atoms with van der Waals surface area (Å²) >= 11 is 0. The Morgan fingerprint density at radius 2 is 1.96 bits per heavy atom. The molecule has 2 saturated heterocycles. The average Bonchev–Trinajstić information content (AvgIpc) is 3.37. The third kappa shape index (κ3) is 4.89. The molecule has 10 heteroatoms. The Morgan fingerprint density at radius 3 is 2.50 bits per heavy atom. The van der Waals surface area contributed by atoms with Gasteiger partial charge in [-0.3, -0.25) is 4.79 Å². The van der Waals surface area contributed by atoms with Crippen molar-refractivity contribution in [2.45, 2.75) is 62.4 Å². The van der Waals surface area contributed by atoms with Crippen molar-refractivity contribution in [2.75, 3.05) is 33.4 Å². The molecule has 2 atom stereocenters. The number of aliphatic hydroxyl groups is 1. The van der Waals surface area contributed by atoms with E-state index >= 15 is 0 Å². The lowest BCUT2D eigenvalue weighted by Crippen LogP contribution is -2.49. The number of ether oxygens (including phenoxy) is 2. The van der Waals surface area contributed by atoms with Crippen molar-refractivity contribution in [1.29, 1.82) is 0 Å². The standard InChI is InChI=1S/C18H27F3N2O5/c1-22(15(25)8-12-2-3-12)13-9-17(27-11-13)4-6-23(7-5-17)16(26)28-14(10-24)18(19,20)21/h12-14,24H,2-11H2,1H3. The van der Waals surface area contributed by atoms with Gasteiger partial charge in [0.1, 0.15) is 0 Å². The van der Waals surface area contributed by atoms with E-state index in [2.05, 4.69) is 4.74 Å². The predicted molar refractivity (Wildman–Crippen MR) is 91.4 cm³/mol. The van der Waals surface area contributed by atoms with Crippen molar-refractivity contribution in [3.05, 3.63) is 0 Å². The van der Waals surface area contributed by atoms with Gasteiger partial charge in [-0.2, -0.15) is 13.2 Å². The molecule has 0 aromatic rings. The highest BCUT2D eigenvalue weighted by Crippen LogP contribution is 2.39. The van der Waals surface area contributed by atoms with Gasteiger partial charge >= 0.3 is 12.3 Å². The zero-order valence-corrected chi connectivity index (χ0v) is 15.9.